The molecule has 0 aliphatic heterocycles. The lowest BCUT2D eigenvalue weighted by Crippen LogP contribution is -2.46. The molecule has 0 spiro atoms. The van der Waals surface area contributed by atoms with Crippen molar-refractivity contribution in [3.8, 4) is 0 Å². The molecule has 114 valence electrons. The summed E-state index contributed by atoms with van der Waals surface area (Å²) in [5.41, 5.74) is 1.04. The van der Waals surface area contributed by atoms with Gasteiger partial charge in [0, 0.05) is 20.2 Å². The molecular weight excluding hydrogens is 270 g/mol. The number of benzene rings is 1. The minimum atomic E-state index is -0.869. The van der Waals surface area contributed by atoms with E-state index in [0.717, 1.165) is 5.56 Å². The van der Waals surface area contributed by atoms with Gasteiger partial charge in [-0.15, -0.1) is 0 Å². The van der Waals surface area contributed by atoms with Gasteiger partial charge in [-0.25, -0.2) is 0 Å². The number of carbonyl (C=O) groups excluding carboxylic acids is 1. The number of carboxylic acid groups (broad SMARTS) is 1. The first-order valence-electron chi connectivity index (χ1n) is 7.18. The molecule has 0 saturated heterocycles. The van der Waals surface area contributed by atoms with Crippen molar-refractivity contribution in [3.63, 3.8) is 0 Å². The van der Waals surface area contributed by atoms with E-state index in [4.69, 9.17) is 9.84 Å². The molecule has 1 aliphatic carbocycles. The number of rotatable bonds is 7. The fraction of sp³-hybridized carbons (Fsp3) is 0.500. The van der Waals surface area contributed by atoms with Crippen molar-refractivity contribution in [2.45, 2.75) is 19.4 Å². The summed E-state index contributed by atoms with van der Waals surface area (Å²) in [7, 11) is 1.59. The van der Waals surface area contributed by atoms with E-state index in [1.807, 2.05) is 30.3 Å². The minimum absolute atomic E-state index is 0.0745. The highest BCUT2D eigenvalue weighted by atomic mass is 16.5. The minimum Gasteiger partial charge on any atom is -0.481 e. The standard InChI is InChI=1S/C16H21NO4/c1-21-10-9-17(11-12-5-3-2-4-6-12)15(18)13-7-8-14(13)16(19)20/h2-6,13-14H,7-11H2,1H3,(H,19,20). The molecular formula is C16H21NO4. The number of methoxy groups -OCH3 is 1. The smallest absolute Gasteiger partial charge is 0.307 e. The van der Waals surface area contributed by atoms with Gasteiger partial charge in [0.15, 0.2) is 0 Å². The van der Waals surface area contributed by atoms with Crippen LogP contribution in [0.15, 0.2) is 30.3 Å². The third-order valence-corrected chi connectivity index (χ3v) is 4.00. The van der Waals surface area contributed by atoms with Crippen LogP contribution in [-0.4, -0.2) is 42.1 Å². The Hall–Kier alpha value is -1.88. The lowest BCUT2D eigenvalue weighted by atomic mass is 9.73. The van der Waals surface area contributed by atoms with Crippen LogP contribution in [0.2, 0.25) is 0 Å². The molecule has 1 saturated carbocycles. The summed E-state index contributed by atoms with van der Waals surface area (Å²) in [5.74, 6) is -1.86. The Kier molecular flexibility index (Phi) is 5.33. The molecule has 21 heavy (non-hydrogen) atoms. The fourth-order valence-corrected chi connectivity index (χ4v) is 2.60. The number of hydrogen-bond donors (Lipinski definition) is 1. The van der Waals surface area contributed by atoms with E-state index >= 15 is 0 Å². The number of carboxylic acids is 1. The number of nitrogens with zero attached hydrogens (tertiary/aromatic N) is 1. The Morgan fingerprint density at radius 1 is 1.24 bits per heavy atom. The molecule has 2 atom stereocenters. The largest absolute Gasteiger partial charge is 0.481 e. The van der Waals surface area contributed by atoms with Crippen molar-refractivity contribution in [3.05, 3.63) is 35.9 Å². The van der Waals surface area contributed by atoms with Gasteiger partial charge in [-0.2, -0.15) is 0 Å². The summed E-state index contributed by atoms with van der Waals surface area (Å²) in [4.78, 5) is 25.4. The third kappa shape index (κ3) is 3.82. The molecule has 0 heterocycles. The van der Waals surface area contributed by atoms with Crippen molar-refractivity contribution >= 4 is 11.9 Å². The molecule has 0 aromatic heterocycles. The predicted octanol–water partition coefficient (Wildman–Crippen LogP) is 1.77. The highest BCUT2D eigenvalue weighted by Gasteiger charge is 2.43. The van der Waals surface area contributed by atoms with Crippen molar-refractivity contribution in [2.75, 3.05) is 20.3 Å². The Morgan fingerprint density at radius 2 is 1.90 bits per heavy atom. The normalized spacial score (nSPS) is 20.6. The molecule has 2 rings (SSSR count). The zero-order valence-corrected chi connectivity index (χ0v) is 12.2. The molecule has 5 nitrogen and oxygen atoms in total. The highest BCUT2D eigenvalue weighted by molar-refractivity contribution is 5.86. The third-order valence-electron chi connectivity index (χ3n) is 4.00. The van der Waals surface area contributed by atoms with Crippen LogP contribution in [0.5, 0.6) is 0 Å². The van der Waals surface area contributed by atoms with Crippen molar-refractivity contribution in [1.29, 1.82) is 0 Å². The van der Waals surface area contributed by atoms with Gasteiger partial charge in [-0.1, -0.05) is 30.3 Å². The van der Waals surface area contributed by atoms with Crippen LogP contribution in [0.25, 0.3) is 0 Å². The molecule has 0 bridgehead atoms. The lowest BCUT2D eigenvalue weighted by Gasteiger charge is -2.36. The first kappa shape index (κ1) is 15.5. The topological polar surface area (TPSA) is 66.8 Å². The van der Waals surface area contributed by atoms with E-state index in [1.54, 1.807) is 12.0 Å². The van der Waals surface area contributed by atoms with Crippen LogP contribution in [-0.2, 0) is 20.9 Å². The number of hydrogen-bond acceptors (Lipinski definition) is 3. The summed E-state index contributed by atoms with van der Waals surface area (Å²) in [6, 6.07) is 9.71. The Bertz CT molecular complexity index is 488. The summed E-state index contributed by atoms with van der Waals surface area (Å²) in [6.07, 6.45) is 1.25. The lowest BCUT2D eigenvalue weighted by molar-refractivity contribution is -0.157. The van der Waals surface area contributed by atoms with Crippen LogP contribution in [0, 0.1) is 11.8 Å². The second-order valence-corrected chi connectivity index (χ2v) is 5.37. The summed E-state index contributed by atoms with van der Waals surface area (Å²) < 4.78 is 5.06. The summed E-state index contributed by atoms with van der Waals surface area (Å²) >= 11 is 0. The van der Waals surface area contributed by atoms with Gasteiger partial charge in [0.1, 0.15) is 0 Å². The second-order valence-electron chi connectivity index (χ2n) is 5.37. The Balaban J connectivity index is 2.04. The van der Waals surface area contributed by atoms with Crippen molar-refractivity contribution in [2.24, 2.45) is 11.8 Å². The maximum atomic E-state index is 12.6. The average Bonchev–Trinajstić information content (AvgIpc) is 2.42. The molecule has 2 unspecified atom stereocenters. The van der Waals surface area contributed by atoms with Crippen LogP contribution in [0.4, 0.5) is 0 Å². The Labute approximate surface area is 124 Å². The molecule has 0 radical (unpaired) electrons. The number of ether oxygens (including phenoxy) is 1. The van der Waals surface area contributed by atoms with Crippen molar-refractivity contribution in [1.82, 2.24) is 4.90 Å². The monoisotopic (exact) mass is 291 g/mol. The Morgan fingerprint density at radius 3 is 2.43 bits per heavy atom. The van der Waals surface area contributed by atoms with Gasteiger partial charge in [0.25, 0.3) is 0 Å². The van der Waals surface area contributed by atoms with E-state index in [1.165, 1.54) is 0 Å². The van der Waals surface area contributed by atoms with E-state index in [2.05, 4.69) is 0 Å². The first-order valence-corrected chi connectivity index (χ1v) is 7.18. The van der Waals surface area contributed by atoms with Crippen LogP contribution in [0.1, 0.15) is 18.4 Å². The molecule has 1 fully saturated rings. The first-order chi connectivity index (χ1) is 10.1. The summed E-state index contributed by atoms with van der Waals surface area (Å²) in [5, 5.41) is 9.10. The van der Waals surface area contributed by atoms with Gasteiger partial charge in [-0.3, -0.25) is 9.59 Å². The van der Waals surface area contributed by atoms with Crippen LogP contribution >= 0.6 is 0 Å². The molecule has 5 heteroatoms. The molecule has 1 N–H and O–H groups in total. The predicted molar refractivity (Wildman–Crippen MR) is 77.6 cm³/mol. The quantitative estimate of drug-likeness (QED) is 0.831. The zero-order valence-electron chi connectivity index (χ0n) is 12.2. The summed E-state index contributed by atoms with van der Waals surface area (Å²) in [6.45, 7) is 1.42. The number of amides is 1. The van der Waals surface area contributed by atoms with Gasteiger partial charge in [0.05, 0.1) is 18.4 Å². The number of aliphatic carboxylic acids is 1. The molecule has 1 aliphatic rings. The fourth-order valence-electron chi connectivity index (χ4n) is 2.60. The molecule has 1 aromatic rings. The average molecular weight is 291 g/mol. The van der Waals surface area contributed by atoms with Gasteiger partial charge in [0.2, 0.25) is 5.91 Å². The van der Waals surface area contributed by atoms with Crippen LogP contribution in [0.3, 0.4) is 0 Å². The van der Waals surface area contributed by atoms with E-state index < -0.39 is 11.9 Å². The zero-order chi connectivity index (χ0) is 15.2. The SMILES string of the molecule is COCCN(Cc1ccccc1)C(=O)C1CCC1C(=O)O. The van der Waals surface area contributed by atoms with Gasteiger partial charge in [-0.05, 0) is 18.4 Å². The number of carbonyl (C=O) groups is 2. The van der Waals surface area contributed by atoms with Gasteiger partial charge < -0.3 is 14.7 Å². The van der Waals surface area contributed by atoms with E-state index in [9.17, 15) is 9.59 Å². The van der Waals surface area contributed by atoms with Crippen LogP contribution < -0.4 is 0 Å². The van der Waals surface area contributed by atoms with Gasteiger partial charge >= 0.3 is 5.97 Å². The van der Waals surface area contributed by atoms with E-state index in [-0.39, 0.29) is 11.8 Å². The highest BCUT2D eigenvalue weighted by Crippen LogP contribution is 2.36. The van der Waals surface area contributed by atoms with E-state index in [0.29, 0.717) is 32.5 Å². The maximum absolute atomic E-state index is 12.6. The molecule has 1 aromatic carbocycles. The second kappa shape index (κ2) is 7.22. The maximum Gasteiger partial charge on any atom is 0.307 e. The molecule has 1 amide bonds. The van der Waals surface area contributed by atoms with Crippen molar-refractivity contribution < 1.29 is 19.4 Å².